The van der Waals surface area contributed by atoms with Crippen LogP contribution in [0.2, 0.25) is 0 Å². The maximum absolute atomic E-state index is 11.9. The van der Waals surface area contributed by atoms with E-state index >= 15 is 0 Å². The quantitative estimate of drug-likeness (QED) is 0.517. The molecule has 0 heterocycles. The Kier molecular flexibility index (Phi) is 13.1. The zero-order valence-electron chi connectivity index (χ0n) is 13.9. The molecule has 0 N–H and O–H groups in total. The first-order valence-electron chi connectivity index (χ1n) is 7.73. The third kappa shape index (κ3) is 10.3. The SMILES string of the molecule is CC(C)N(C(=O)SCC(Cl)=C(Cl)Cl)C(C)C.[CH]1CCCCC1. The average molecular weight is 388 g/mol. The molecule has 1 rings (SSSR count). The molecule has 1 aliphatic carbocycles. The van der Waals surface area contributed by atoms with E-state index < -0.39 is 0 Å². The van der Waals surface area contributed by atoms with Gasteiger partial charge in [0.05, 0.1) is 5.03 Å². The van der Waals surface area contributed by atoms with E-state index in [2.05, 4.69) is 6.42 Å². The van der Waals surface area contributed by atoms with Gasteiger partial charge in [-0.1, -0.05) is 78.7 Å². The highest BCUT2D eigenvalue weighted by Gasteiger charge is 2.20. The van der Waals surface area contributed by atoms with Gasteiger partial charge in [0, 0.05) is 17.8 Å². The average Bonchev–Trinajstić information content (AvgIpc) is 2.46. The molecule has 1 amide bonds. The van der Waals surface area contributed by atoms with Crippen molar-refractivity contribution < 1.29 is 4.79 Å². The van der Waals surface area contributed by atoms with Crippen molar-refractivity contribution in [2.75, 3.05) is 5.75 Å². The lowest BCUT2D eigenvalue weighted by molar-refractivity contribution is 0.190. The summed E-state index contributed by atoms with van der Waals surface area (Å²) < 4.78 is 0.0163. The molecule has 0 aromatic heterocycles. The van der Waals surface area contributed by atoms with Crippen LogP contribution in [0, 0.1) is 6.42 Å². The van der Waals surface area contributed by atoms with Crippen molar-refractivity contribution in [3.8, 4) is 0 Å². The van der Waals surface area contributed by atoms with Crippen LogP contribution < -0.4 is 0 Å². The summed E-state index contributed by atoms with van der Waals surface area (Å²) in [4.78, 5) is 13.7. The van der Waals surface area contributed by atoms with Gasteiger partial charge in [0.1, 0.15) is 4.49 Å². The first-order valence-corrected chi connectivity index (χ1v) is 9.85. The molecule has 1 saturated carbocycles. The molecule has 0 aromatic rings. The Hall–Kier alpha value is 0.430. The topological polar surface area (TPSA) is 20.3 Å². The van der Waals surface area contributed by atoms with E-state index in [1.807, 2.05) is 27.7 Å². The Morgan fingerprint density at radius 1 is 1.05 bits per heavy atom. The molecule has 0 aromatic carbocycles. The van der Waals surface area contributed by atoms with E-state index in [-0.39, 0.29) is 21.8 Å². The second-order valence-electron chi connectivity index (χ2n) is 5.74. The lowest BCUT2D eigenvalue weighted by Gasteiger charge is -2.30. The van der Waals surface area contributed by atoms with Crippen LogP contribution in [0.25, 0.3) is 0 Å². The van der Waals surface area contributed by atoms with E-state index in [1.54, 1.807) is 4.90 Å². The van der Waals surface area contributed by atoms with Crippen molar-refractivity contribution in [3.05, 3.63) is 15.9 Å². The molecule has 129 valence electrons. The first-order chi connectivity index (χ1) is 10.3. The van der Waals surface area contributed by atoms with Crippen molar-refractivity contribution in [1.82, 2.24) is 4.90 Å². The maximum Gasteiger partial charge on any atom is 0.282 e. The van der Waals surface area contributed by atoms with Gasteiger partial charge in [-0.2, -0.15) is 0 Å². The zero-order chi connectivity index (χ0) is 17.1. The molecule has 2 nitrogen and oxygen atoms in total. The summed E-state index contributed by atoms with van der Waals surface area (Å²) in [7, 11) is 0. The van der Waals surface area contributed by atoms with Gasteiger partial charge in [-0.3, -0.25) is 4.79 Å². The highest BCUT2D eigenvalue weighted by atomic mass is 35.5. The maximum atomic E-state index is 11.9. The third-order valence-electron chi connectivity index (χ3n) is 3.17. The Morgan fingerprint density at radius 2 is 1.55 bits per heavy atom. The molecule has 22 heavy (non-hydrogen) atoms. The number of carbonyl (C=O) groups is 1. The van der Waals surface area contributed by atoms with Crippen molar-refractivity contribution in [2.45, 2.75) is 71.9 Å². The van der Waals surface area contributed by atoms with Gasteiger partial charge < -0.3 is 4.90 Å². The van der Waals surface area contributed by atoms with Crippen molar-refractivity contribution in [1.29, 1.82) is 0 Å². The minimum atomic E-state index is -0.0160. The number of thioether (sulfide) groups is 1. The number of amides is 1. The standard InChI is InChI=1S/C10H16Cl3NOS.C6H11/c1-6(2)14(7(3)4)10(15)16-5-8(11)9(12)13;1-2-4-6-5-3-1/h6-7H,5H2,1-4H3;1H,2-6H2. The van der Waals surface area contributed by atoms with Crippen LogP contribution in [0.3, 0.4) is 0 Å². The second kappa shape index (κ2) is 12.8. The largest absolute Gasteiger partial charge is 0.329 e. The van der Waals surface area contributed by atoms with Gasteiger partial charge >= 0.3 is 0 Å². The van der Waals surface area contributed by atoms with Crippen LogP contribution in [0.4, 0.5) is 4.79 Å². The fourth-order valence-corrected chi connectivity index (χ4v) is 3.59. The predicted molar refractivity (Wildman–Crippen MR) is 102 cm³/mol. The van der Waals surface area contributed by atoms with Gasteiger partial charge in [-0.05, 0) is 34.1 Å². The lowest BCUT2D eigenvalue weighted by atomic mass is 10.0. The van der Waals surface area contributed by atoms with Crippen LogP contribution in [-0.4, -0.2) is 28.0 Å². The van der Waals surface area contributed by atoms with E-state index in [4.69, 9.17) is 34.8 Å². The van der Waals surface area contributed by atoms with E-state index in [9.17, 15) is 4.79 Å². The number of carbonyl (C=O) groups excluding carboxylic acids is 1. The van der Waals surface area contributed by atoms with Crippen molar-refractivity contribution in [2.24, 2.45) is 0 Å². The predicted octanol–water partition coefficient (Wildman–Crippen LogP) is 7.00. The van der Waals surface area contributed by atoms with Crippen LogP contribution in [0.15, 0.2) is 9.52 Å². The highest BCUT2D eigenvalue weighted by Crippen LogP contribution is 2.24. The number of halogens is 3. The fourth-order valence-electron chi connectivity index (χ4n) is 2.17. The zero-order valence-corrected chi connectivity index (χ0v) is 17.0. The lowest BCUT2D eigenvalue weighted by Crippen LogP contribution is -2.39. The molecule has 0 atom stereocenters. The Morgan fingerprint density at radius 3 is 1.82 bits per heavy atom. The van der Waals surface area contributed by atoms with Gasteiger partial charge in [-0.25, -0.2) is 0 Å². The Bertz CT molecular complexity index is 332. The molecule has 0 aliphatic heterocycles. The first kappa shape index (κ1) is 22.4. The third-order valence-corrected chi connectivity index (χ3v) is 5.19. The Labute approximate surface area is 154 Å². The second-order valence-corrected chi connectivity index (χ2v) is 8.07. The van der Waals surface area contributed by atoms with Crippen LogP contribution in [-0.2, 0) is 0 Å². The molecular weight excluding hydrogens is 361 g/mol. The van der Waals surface area contributed by atoms with Crippen LogP contribution in [0.1, 0.15) is 59.8 Å². The highest BCUT2D eigenvalue weighted by molar-refractivity contribution is 8.13. The molecule has 1 radical (unpaired) electrons. The van der Waals surface area contributed by atoms with Crippen molar-refractivity contribution >= 4 is 51.8 Å². The summed E-state index contributed by atoms with van der Waals surface area (Å²) in [6.07, 6.45) is 9.50. The van der Waals surface area contributed by atoms with Crippen LogP contribution >= 0.6 is 46.6 Å². The summed E-state index contributed by atoms with van der Waals surface area (Å²) in [5.74, 6) is 0.304. The minimum Gasteiger partial charge on any atom is -0.329 e. The number of hydrogen-bond acceptors (Lipinski definition) is 2. The van der Waals surface area contributed by atoms with E-state index in [1.165, 1.54) is 32.1 Å². The monoisotopic (exact) mass is 386 g/mol. The molecule has 0 spiro atoms. The normalized spacial score (nSPS) is 14.4. The summed E-state index contributed by atoms with van der Waals surface area (Å²) in [6.45, 7) is 7.91. The summed E-state index contributed by atoms with van der Waals surface area (Å²) >= 11 is 17.8. The molecule has 0 bridgehead atoms. The smallest absolute Gasteiger partial charge is 0.282 e. The van der Waals surface area contributed by atoms with Gasteiger partial charge in [0.25, 0.3) is 5.24 Å². The molecule has 6 heteroatoms. The molecule has 0 unspecified atom stereocenters. The molecule has 1 aliphatic rings. The molecular formula is C16H27Cl3NOS. The van der Waals surface area contributed by atoms with E-state index in [0.29, 0.717) is 10.8 Å². The number of hydrogen-bond donors (Lipinski definition) is 0. The fraction of sp³-hybridized carbons (Fsp3) is 0.750. The molecule has 1 fully saturated rings. The van der Waals surface area contributed by atoms with Gasteiger partial charge in [0.15, 0.2) is 0 Å². The number of nitrogens with zero attached hydrogens (tertiary/aromatic N) is 1. The van der Waals surface area contributed by atoms with Gasteiger partial charge in [-0.15, -0.1) is 0 Å². The minimum absolute atomic E-state index is 0.0160. The van der Waals surface area contributed by atoms with Gasteiger partial charge in [0.2, 0.25) is 0 Å². The summed E-state index contributed by atoms with van der Waals surface area (Å²) in [5, 5.41) is 0.284. The van der Waals surface area contributed by atoms with Crippen LogP contribution in [0.5, 0.6) is 0 Å². The number of rotatable bonds is 4. The Balaban J connectivity index is 0.000000604. The summed E-state index contributed by atoms with van der Waals surface area (Å²) in [5.41, 5.74) is 0. The van der Waals surface area contributed by atoms with Crippen molar-refractivity contribution in [3.63, 3.8) is 0 Å². The summed E-state index contributed by atoms with van der Waals surface area (Å²) in [6, 6.07) is 0.323. The molecule has 0 saturated heterocycles. The van der Waals surface area contributed by atoms with E-state index in [0.717, 1.165) is 11.8 Å².